The van der Waals surface area contributed by atoms with E-state index in [1.54, 1.807) is 5.01 Å². The van der Waals surface area contributed by atoms with Crippen LogP contribution in [-0.4, -0.2) is 68.8 Å². The molecule has 10 nitrogen and oxygen atoms in total. The van der Waals surface area contributed by atoms with Gasteiger partial charge in [0.2, 0.25) is 0 Å². The number of hydrogen-bond donors (Lipinski definition) is 3. The molecule has 0 aromatic carbocycles. The third-order valence-corrected chi connectivity index (χ3v) is 3.88. The van der Waals surface area contributed by atoms with E-state index < -0.39 is 24.1 Å². The zero-order valence-electron chi connectivity index (χ0n) is 14.6. The highest BCUT2D eigenvalue weighted by atomic mass is 16.5. The zero-order chi connectivity index (χ0) is 18.7. The van der Waals surface area contributed by atoms with Crippen LogP contribution >= 0.6 is 0 Å². The number of carbonyl (C=O) groups excluding carboxylic acids is 4. The molecule has 1 rings (SSSR count). The number of aldehydes is 1. The minimum atomic E-state index is -0.793. The molecule has 0 spiro atoms. The number of hydrazine groups is 1. The van der Waals surface area contributed by atoms with E-state index in [1.165, 1.54) is 14.2 Å². The van der Waals surface area contributed by atoms with Gasteiger partial charge in [-0.25, -0.2) is 14.6 Å². The summed E-state index contributed by atoms with van der Waals surface area (Å²) in [4.78, 5) is 45.8. The van der Waals surface area contributed by atoms with Crippen molar-refractivity contribution in [3.8, 4) is 0 Å². The van der Waals surface area contributed by atoms with Gasteiger partial charge in [0.05, 0.1) is 20.3 Å². The second-order valence-corrected chi connectivity index (χ2v) is 5.62. The Morgan fingerprint density at radius 1 is 1.20 bits per heavy atom. The van der Waals surface area contributed by atoms with Crippen molar-refractivity contribution in [1.29, 1.82) is 0 Å². The Balaban J connectivity index is 2.47. The van der Waals surface area contributed by atoms with Gasteiger partial charge in [-0.05, 0) is 32.1 Å². The number of nitrogens with zero attached hydrogens (tertiary/aromatic N) is 1. The summed E-state index contributed by atoms with van der Waals surface area (Å²) in [5, 5.41) is 6.61. The minimum Gasteiger partial charge on any atom is -0.453 e. The molecule has 2 atom stereocenters. The van der Waals surface area contributed by atoms with Crippen LogP contribution in [0.2, 0.25) is 0 Å². The van der Waals surface area contributed by atoms with Gasteiger partial charge in [0.25, 0.3) is 5.91 Å². The first-order valence-corrected chi connectivity index (χ1v) is 8.20. The van der Waals surface area contributed by atoms with E-state index in [0.717, 1.165) is 12.7 Å². The predicted molar refractivity (Wildman–Crippen MR) is 87.5 cm³/mol. The standard InChI is InChI=1S/C15H26N4O6/c1-24-14(22)16-8-4-3-7-12(17-15(23)25-2)13(21)18-19-9-5-6-11(19)10-20/h10-12H,3-9H2,1-2H3,(H,16,22)(H,17,23)(H,18,21)/t11-,12?/m0/s1. The van der Waals surface area contributed by atoms with E-state index in [0.29, 0.717) is 38.8 Å². The van der Waals surface area contributed by atoms with Crippen molar-refractivity contribution in [3.05, 3.63) is 0 Å². The van der Waals surface area contributed by atoms with Crippen molar-refractivity contribution in [2.75, 3.05) is 27.3 Å². The summed E-state index contributed by atoms with van der Waals surface area (Å²) in [5.41, 5.74) is 2.68. The van der Waals surface area contributed by atoms with E-state index in [4.69, 9.17) is 0 Å². The molecule has 0 radical (unpaired) electrons. The fourth-order valence-electron chi connectivity index (χ4n) is 2.50. The topological polar surface area (TPSA) is 126 Å². The highest BCUT2D eigenvalue weighted by Gasteiger charge is 2.28. The maximum absolute atomic E-state index is 12.4. The molecule has 3 N–H and O–H groups in total. The van der Waals surface area contributed by atoms with Gasteiger partial charge in [0, 0.05) is 13.1 Å². The monoisotopic (exact) mass is 358 g/mol. The Labute approximate surface area is 146 Å². The lowest BCUT2D eigenvalue weighted by atomic mass is 10.1. The molecule has 1 unspecified atom stereocenters. The van der Waals surface area contributed by atoms with Crippen LogP contribution < -0.4 is 16.1 Å². The number of carbonyl (C=O) groups is 4. The second kappa shape index (κ2) is 11.2. The van der Waals surface area contributed by atoms with Crippen LogP contribution in [0, 0.1) is 0 Å². The molecule has 0 aromatic rings. The number of nitrogens with one attached hydrogen (secondary N) is 3. The molecule has 0 bridgehead atoms. The van der Waals surface area contributed by atoms with Crippen LogP contribution in [0.4, 0.5) is 9.59 Å². The molecule has 1 fully saturated rings. The van der Waals surface area contributed by atoms with Gasteiger partial charge >= 0.3 is 12.2 Å². The maximum atomic E-state index is 12.4. The zero-order valence-corrected chi connectivity index (χ0v) is 14.6. The minimum absolute atomic E-state index is 0.341. The Hall–Kier alpha value is -2.36. The molecule has 1 aliphatic rings. The molecule has 0 aliphatic carbocycles. The number of alkyl carbamates (subject to hydrolysis) is 2. The van der Waals surface area contributed by atoms with Crippen LogP contribution in [-0.2, 0) is 19.1 Å². The number of rotatable bonds is 9. The Morgan fingerprint density at radius 3 is 2.56 bits per heavy atom. The van der Waals surface area contributed by atoms with E-state index in [9.17, 15) is 19.2 Å². The lowest BCUT2D eigenvalue weighted by molar-refractivity contribution is -0.129. The van der Waals surface area contributed by atoms with Crippen molar-refractivity contribution in [1.82, 2.24) is 21.1 Å². The largest absolute Gasteiger partial charge is 0.453 e. The summed E-state index contributed by atoms with van der Waals surface area (Å²) in [6.45, 7) is 0.988. The fraction of sp³-hybridized carbons (Fsp3) is 0.733. The first kappa shape index (κ1) is 20.7. The molecular weight excluding hydrogens is 332 g/mol. The average molecular weight is 358 g/mol. The first-order valence-electron chi connectivity index (χ1n) is 8.20. The van der Waals surface area contributed by atoms with E-state index in [1.807, 2.05) is 0 Å². The normalized spacial score (nSPS) is 18.1. The first-order chi connectivity index (χ1) is 12.0. The molecule has 0 aromatic heterocycles. The smallest absolute Gasteiger partial charge is 0.407 e. The number of unbranched alkanes of at least 4 members (excludes halogenated alkanes) is 1. The van der Waals surface area contributed by atoms with E-state index in [-0.39, 0.29) is 6.04 Å². The Morgan fingerprint density at radius 2 is 1.92 bits per heavy atom. The molecular formula is C15H26N4O6. The summed E-state index contributed by atoms with van der Waals surface area (Å²) < 4.78 is 9.00. The summed E-state index contributed by atoms with van der Waals surface area (Å²) in [7, 11) is 2.49. The lowest BCUT2D eigenvalue weighted by Crippen LogP contribution is -2.54. The quantitative estimate of drug-likeness (QED) is 0.389. The van der Waals surface area contributed by atoms with Crippen molar-refractivity contribution in [2.24, 2.45) is 0 Å². The number of amides is 3. The molecule has 1 saturated heterocycles. The highest BCUT2D eigenvalue weighted by molar-refractivity contribution is 5.85. The van der Waals surface area contributed by atoms with Gasteiger partial charge in [-0.3, -0.25) is 10.2 Å². The predicted octanol–water partition coefficient (Wildman–Crippen LogP) is -0.0682. The SMILES string of the molecule is COC(=O)NCCCCC(NC(=O)OC)C(=O)NN1CCC[C@H]1C=O. The molecule has 25 heavy (non-hydrogen) atoms. The van der Waals surface area contributed by atoms with Gasteiger partial charge in [-0.1, -0.05) is 0 Å². The lowest BCUT2D eigenvalue weighted by Gasteiger charge is -2.25. The molecule has 3 amide bonds. The Kier molecular flexibility index (Phi) is 9.30. The van der Waals surface area contributed by atoms with Crippen molar-refractivity contribution < 1.29 is 28.7 Å². The van der Waals surface area contributed by atoms with Crippen LogP contribution in [0.3, 0.4) is 0 Å². The van der Waals surface area contributed by atoms with Crippen LogP contribution in [0.5, 0.6) is 0 Å². The van der Waals surface area contributed by atoms with Crippen molar-refractivity contribution in [3.63, 3.8) is 0 Å². The molecule has 10 heteroatoms. The molecule has 142 valence electrons. The van der Waals surface area contributed by atoms with Crippen LogP contribution in [0.1, 0.15) is 32.1 Å². The summed E-state index contributed by atoms with van der Waals surface area (Å²) in [5.74, 6) is -0.403. The van der Waals surface area contributed by atoms with E-state index >= 15 is 0 Å². The molecule has 1 aliphatic heterocycles. The molecule has 0 saturated carbocycles. The number of ether oxygens (including phenoxy) is 2. The van der Waals surface area contributed by atoms with E-state index in [2.05, 4.69) is 25.5 Å². The average Bonchev–Trinajstić information content (AvgIpc) is 3.06. The number of methoxy groups -OCH3 is 2. The number of hydrogen-bond acceptors (Lipinski definition) is 7. The summed E-state index contributed by atoms with van der Waals surface area (Å²) >= 11 is 0. The molecule has 1 heterocycles. The summed E-state index contributed by atoms with van der Waals surface area (Å²) in [6.07, 6.45) is 2.65. The highest BCUT2D eigenvalue weighted by Crippen LogP contribution is 2.13. The van der Waals surface area contributed by atoms with Gasteiger partial charge < -0.3 is 24.9 Å². The second-order valence-electron chi connectivity index (χ2n) is 5.62. The fourth-order valence-corrected chi connectivity index (χ4v) is 2.50. The van der Waals surface area contributed by atoms with Gasteiger partial charge in [-0.15, -0.1) is 0 Å². The summed E-state index contributed by atoms with van der Waals surface area (Å²) in [6, 6.07) is -1.13. The van der Waals surface area contributed by atoms with Crippen LogP contribution in [0.25, 0.3) is 0 Å². The van der Waals surface area contributed by atoms with Gasteiger partial charge in [0.15, 0.2) is 0 Å². The van der Waals surface area contributed by atoms with Crippen molar-refractivity contribution in [2.45, 2.75) is 44.2 Å². The maximum Gasteiger partial charge on any atom is 0.407 e. The van der Waals surface area contributed by atoms with Crippen LogP contribution in [0.15, 0.2) is 0 Å². The van der Waals surface area contributed by atoms with Gasteiger partial charge in [0.1, 0.15) is 12.3 Å². The van der Waals surface area contributed by atoms with Crippen molar-refractivity contribution >= 4 is 24.4 Å². The third-order valence-electron chi connectivity index (χ3n) is 3.88. The van der Waals surface area contributed by atoms with Gasteiger partial charge in [-0.2, -0.15) is 0 Å². The third kappa shape index (κ3) is 7.38. The Bertz CT molecular complexity index is 473.